The smallest absolute Gasteiger partial charge is 0.154 e. The Hall–Kier alpha value is -2.35. The molecule has 0 unspecified atom stereocenters. The molecule has 8 nitrogen and oxygen atoms in total. The Bertz CT molecular complexity index is 544. The Morgan fingerprint density at radius 1 is 1.18 bits per heavy atom. The zero-order valence-electron chi connectivity index (χ0n) is 12.8. The van der Waals surface area contributed by atoms with Crippen molar-refractivity contribution in [2.45, 2.75) is 19.4 Å². The molecule has 0 atom stereocenters. The number of rotatable bonds is 10. The predicted octanol–water partition coefficient (Wildman–Crippen LogP) is 1.21. The minimum absolute atomic E-state index is 0.544. The first-order valence-electron chi connectivity index (χ1n) is 7.34. The summed E-state index contributed by atoms with van der Waals surface area (Å²) in [4.78, 5) is 12.4. The number of hydrogen-bond donors (Lipinski definition) is 3. The van der Waals surface area contributed by atoms with Crippen LogP contribution in [0.5, 0.6) is 0 Å². The topological polar surface area (TPSA) is 103 Å². The summed E-state index contributed by atoms with van der Waals surface area (Å²) in [6.45, 7) is 3.15. The monoisotopic (exact) mass is 305 g/mol. The number of imidazole rings is 1. The van der Waals surface area contributed by atoms with Crippen molar-refractivity contribution in [1.82, 2.24) is 19.5 Å². The molecule has 2 aromatic rings. The van der Waals surface area contributed by atoms with Crippen molar-refractivity contribution in [2.24, 2.45) is 0 Å². The van der Waals surface area contributed by atoms with Gasteiger partial charge in [0.2, 0.25) is 0 Å². The molecule has 8 heteroatoms. The number of nitrogens with two attached hydrogens (primary N) is 1. The van der Waals surface area contributed by atoms with Crippen LogP contribution in [-0.4, -0.2) is 46.3 Å². The van der Waals surface area contributed by atoms with Crippen LogP contribution in [0, 0.1) is 0 Å². The molecule has 0 saturated heterocycles. The summed E-state index contributed by atoms with van der Waals surface area (Å²) >= 11 is 0. The van der Waals surface area contributed by atoms with Crippen molar-refractivity contribution in [3.05, 3.63) is 25.0 Å². The normalized spacial score (nSPS) is 10.6. The fourth-order valence-electron chi connectivity index (χ4n) is 1.99. The SMILES string of the molecule is COCCCNc1ncnc(NCCCn2ccnc2)c1N. The minimum atomic E-state index is 0.544. The summed E-state index contributed by atoms with van der Waals surface area (Å²) in [6, 6.07) is 0. The molecule has 0 aromatic carbocycles. The summed E-state index contributed by atoms with van der Waals surface area (Å²) in [6.07, 6.45) is 8.89. The third-order valence-electron chi connectivity index (χ3n) is 3.15. The number of nitrogens with zero attached hydrogens (tertiary/aromatic N) is 4. The summed E-state index contributed by atoms with van der Waals surface area (Å²) in [5.74, 6) is 1.32. The van der Waals surface area contributed by atoms with E-state index in [2.05, 4.69) is 25.6 Å². The Morgan fingerprint density at radius 3 is 2.55 bits per heavy atom. The van der Waals surface area contributed by atoms with Gasteiger partial charge in [-0.2, -0.15) is 0 Å². The second-order valence-electron chi connectivity index (χ2n) is 4.84. The largest absolute Gasteiger partial charge is 0.393 e. The first-order chi connectivity index (χ1) is 10.8. The Balaban J connectivity index is 1.77. The van der Waals surface area contributed by atoms with Crippen LogP contribution in [0.15, 0.2) is 25.0 Å². The van der Waals surface area contributed by atoms with Gasteiger partial charge in [0, 0.05) is 45.7 Å². The van der Waals surface area contributed by atoms with E-state index in [4.69, 9.17) is 10.5 Å². The van der Waals surface area contributed by atoms with Gasteiger partial charge < -0.3 is 25.7 Å². The van der Waals surface area contributed by atoms with Crippen LogP contribution in [0.4, 0.5) is 17.3 Å². The maximum Gasteiger partial charge on any atom is 0.154 e. The van der Waals surface area contributed by atoms with Crippen molar-refractivity contribution in [2.75, 3.05) is 43.2 Å². The van der Waals surface area contributed by atoms with Crippen molar-refractivity contribution < 1.29 is 4.74 Å². The fraction of sp³-hybridized carbons (Fsp3) is 0.500. The third-order valence-corrected chi connectivity index (χ3v) is 3.15. The van der Waals surface area contributed by atoms with Gasteiger partial charge in [-0.15, -0.1) is 0 Å². The second-order valence-corrected chi connectivity index (χ2v) is 4.84. The van der Waals surface area contributed by atoms with E-state index >= 15 is 0 Å². The number of methoxy groups -OCH3 is 1. The Labute approximate surface area is 130 Å². The molecular formula is C14H23N7O. The van der Waals surface area contributed by atoms with E-state index in [1.165, 1.54) is 6.33 Å². The van der Waals surface area contributed by atoms with Gasteiger partial charge in [-0.3, -0.25) is 0 Å². The first kappa shape index (κ1) is 16.0. The summed E-state index contributed by atoms with van der Waals surface area (Å²) in [5.41, 5.74) is 6.62. The molecule has 120 valence electrons. The van der Waals surface area contributed by atoms with Crippen LogP contribution < -0.4 is 16.4 Å². The van der Waals surface area contributed by atoms with Gasteiger partial charge in [0.25, 0.3) is 0 Å². The van der Waals surface area contributed by atoms with Gasteiger partial charge in [-0.25, -0.2) is 15.0 Å². The van der Waals surface area contributed by atoms with Gasteiger partial charge in [0.05, 0.1) is 6.33 Å². The number of ether oxygens (including phenoxy) is 1. The summed E-state index contributed by atoms with van der Waals surface area (Å²) in [5, 5.41) is 6.44. The lowest BCUT2D eigenvalue weighted by Gasteiger charge is -2.12. The van der Waals surface area contributed by atoms with Gasteiger partial charge in [-0.05, 0) is 12.8 Å². The average Bonchev–Trinajstić information content (AvgIpc) is 3.04. The Kier molecular flexibility index (Phi) is 6.43. The number of nitrogen functional groups attached to an aromatic ring is 1. The molecule has 2 aromatic heterocycles. The van der Waals surface area contributed by atoms with Crippen LogP contribution in [0.3, 0.4) is 0 Å². The highest BCUT2D eigenvalue weighted by Gasteiger charge is 2.06. The molecule has 2 rings (SSSR count). The molecule has 22 heavy (non-hydrogen) atoms. The van der Waals surface area contributed by atoms with Crippen molar-refractivity contribution in [3.8, 4) is 0 Å². The van der Waals surface area contributed by atoms with Crippen LogP contribution in [0.1, 0.15) is 12.8 Å². The highest BCUT2D eigenvalue weighted by atomic mass is 16.5. The summed E-state index contributed by atoms with van der Waals surface area (Å²) in [7, 11) is 1.69. The number of anilines is 3. The second kappa shape index (κ2) is 8.83. The van der Waals surface area contributed by atoms with Crippen LogP contribution in [-0.2, 0) is 11.3 Å². The lowest BCUT2D eigenvalue weighted by atomic mass is 10.3. The number of aromatic nitrogens is 4. The average molecular weight is 305 g/mol. The molecule has 0 radical (unpaired) electrons. The van der Waals surface area contributed by atoms with Gasteiger partial charge in [-0.1, -0.05) is 0 Å². The molecule has 0 fully saturated rings. The van der Waals surface area contributed by atoms with Gasteiger partial charge >= 0.3 is 0 Å². The maximum absolute atomic E-state index is 6.08. The number of nitrogens with one attached hydrogen (secondary N) is 2. The third kappa shape index (κ3) is 4.88. The van der Waals surface area contributed by atoms with Crippen molar-refractivity contribution in [1.29, 1.82) is 0 Å². The van der Waals surface area contributed by atoms with Crippen LogP contribution in [0.2, 0.25) is 0 Å². The zero-order chi connectivity index (χ0) is 15.6. The van der Waals surface area contributed by atoms with Gasteiger partial charge in [0.15, 0.2) is 11.6 Å². The molecule has 0 amide bonds. The maximum atomic E-state index is 6.08. The van der Waals surface area contributed by atoms with E-state index in [0.717, 1.165) is 32.5 Å². The molecule has 0 spiro atoms. The van der Waals surface area contributed by atoms with E-state index in [-0.39, 0.29) is 0 Å². The van der Waals surface area contributed by atoms with Crippen LogP contribution >= 0.6 is 0 Å². The van der Waals surface area contributed by atoms with E-state index in [9.17, 15) is 0 Å². The molecular weight excluding hydrogens is 282 g/mol. The van der Waals surface area contributed by atoms with E-state index < -0.39 is 0 Å². The molecule has 4 N–H and O–H groups in total. The Morgan fingerprint density at radius 2 is 1.91 bits per heavy atom. The molecule has 0 aliphatic carbocycles. The lowest BCUT2D eigenvalue weighted by Crippen LogP contribution is -2.13. The van der Waals surface area contributed by atoms with Crippen molar-refractivity contribution >= 4 is 17.3 Å². The molecule has 0 aliphatic heterocycles. The minimum Gasteiger partial charge on any atom is -0.393 e. The zero-order valence-corrected chi connectivity index (χ0v) is 12.8. The quantitative estimate of drug-likeness (QED) is 0.567. The highest BCUT2D eigenvalue weighted by Crippen LogP contribution is 2.22. The molecule has 2 heterocycles. The molecule has 0 bridgehead atoms. The lowest BCUT2D eigenvalue weighted by molar-refractivity contribution is 0.198. The van der Waals surface area contributed by atoms with E-state index in [0.29, 0.717) is 23.9 Å². The number of aryl methyl sites for hydroxylation is 1. The summed E-state index contributed by atoms with van der Waals surface area (Å²) < 4.78 is 7.04. The van der Waals surface area contributed by atoms with Gasteiger partial charge in [0.1, 0.15) is 12.0 Å². The predicted molar refractivity (Wildman–Crippen MR) is 86.8 cm³/mol. The van der Waals surface area contributed by atoms with E-state index in [1.807, 2.05) is 10.8 Å². The fourth-order valence-corrected chi connectivity index (χ4v) is 1.99. The molecule has 0 saturated carbocycles. The first-order valence-corrected chi connectivity index (χ1v) is 7.34. The van der Waals surface area contributed by atoms with Crippen molar-refractivity contribution in [3.63, 3.8) is 0 Å². The number of hydrogen-bond acceptors (Lipinski definition) is 7. The molecule has 0 aliphatic rings. The highest BCUT2D eigenvalue weighted by molar-refractivity contribution is 5.73. The van der Waals surface area contributed by atoms with E-state index in [1.54, 1.807) is 19.6 Å². The van der Waals surface area contributed by atoms with Crippen LogP contribution in [0.25, 0.3) is 0 Å². The standard InChI is InChI=1S/C14H23N7O/c1-22-9-3-5-18-14-12(15)13(19-10-20-14)17-4-2-7-21-8-6-16-11-21/h6,8,10-11H,2-5,7,9,15H2,1H3,(H2,17,18,19,20).